The number of hydrogen-bond acceptors (Lipinski definition) is 2. The molecule has 0 bridgehead atoms. The van der Waals surface area contributed by atoms with Crippen LogP contribution in [0.4, 0.5) is 11.4 Å². The molecule has 0 saturated heterocycles. The van der Waals surface area contributed by atoms with E-state index in [0.717, 1.165) is 5.69 Å². The molecule has 0 radical (unpaired) electrons. The molecule has 1 fully saturated rings. The van der Waals surface area contributed by atoms with Crippen LogP contribution in [0.25, 0.3) is 0 Å². The number of anilines is 2. The van der Waals surface area contributed by atoms with Crippen molar-refractivity contribution < 1.29 is 9.59 Å². The van der Waals surface area contributed by atoms with Crippen LogP contribution in [0.2, 0.25) is 5.02 Å². The normalized spacial score (nSPS) is 18.8. The van der Waals surface area contributed by atoms with Gasteiger partial charge in [0, 0.05) is 12.2 Å². The van der Waals surface area contributed by atoms with Crippen LogP contribution in [0.3, 0.4) is 0 Å². The third kappa shape index (κ3) is 3.44. The number of halogens is 1. The van der Waals surface area contributed by atoms with Crippen LogP contribution in [-0.2, 0) is 9.59 Å². The van der Waals surface area contributed by atoms with Gasteiger partial charge in [0.25, 0.3) is 0 Å². The lowest BCUT2D eigenvalue weighted by Gasteiger charge is -2.21. The minimum Gasteiger partial charge on any atom is -0.325 e. The van der Waals surface area contributed by atoms with Crippen LogP contribution >= 0.6 is 11.6 Å². The highest BCUT2D eigenvalue weighted by molar-refractivity contribution is 6.33. The Morgan fingerprint density at radius 3 is 2.42 bits per heavy atom. The first-order valence-electron chi connectivity index (χ1n) is 8.03. The first kappa shape index (κ1) is 16.5. The molecule has 4 nitrogen and oxygen atoms in total. The van der Waals surface area contributed by atoms with Gasteiger partial charge in [0.05, 0.1) is 22.5 Å². The smallest absolute Gasteiger partial charge is 0.230 e. The molecule has 3 rings (SSSR count). The largest absolute Gasteiger partial charge is 0.325 e. The number of rotatable bonds is 5. The van der Waals surface area contributed by atoms with Gasteiger partial charge in [-0.15, -0.1) is 0 Å². The van der Waals surface area contributed by atoms with E-state index in [1.54, 1.807) is 23.1 Å². The van der Waals surface area contributed by atoms with Gasteiger partial charge in [0.2, 0.25) is 11.8 Å². The molecule has 1 N–H and O–H groups in total. The Balaban J connectivity index is 1.65. The maximum Gasteiger partial charge on any atom is 0.230 e. The molecular formula is C19H19ClN2O2. The molecule has 2 aromatic carbocycles. The fourth-order valence-electron chi connectivity index (χ4n) is 2.82. The van der Waals surface area contributed by atoms with E-state index in [9.17, 15) is 9.59 Å². The van der Waals surface area contributed by atoms with Gasteiger partial charge in [-0.3, -0.25) is 9.59 Å². The molecule has 0 spiro atoms. The van der Waals surface area contributed by atoms with E-state index in [1.807, 2.05) is 43.3 Å². The highest BCUT2D eigenvalue weighted by atomic mass is 35.5. The summed E-state index contributed by atoms with van der Waals surface area (Å²) in [6, 6.07) is 16.6. The summed E-state index contributed by atoms with van der Waals surface area (Å²) >= 11 is 6.06. The molecule has 2 amide bonds. The molecule has 1 aliphatic rings. The predicted octanol–water partition coefficient (Wildman–Crippen LogP) is 3.97. The van der Waals surface area contributed by atoms with Crippen molar-refractivity contribution in [2.24, 2.45) is 11.8 Å². The molecule has 2 unspecified atom stereocenters. The maximum atomic E-state index is 12.7. The van der Waals surface area contributed by atoms with E-state index in [-0.39, 0.29) is 23.7 Å². The fourth-order valence-corrected chi connectivity index (χ4v) is 3.00. The van der Waals surface area contributed by atoms with Crippen molar-refractivity contribution in [3.05, 3.63) is 59.6 Å². The summed E-state index contributed by atoms with van der Waals surface area (Å²) in [5.41, 5.74) is 1.44. The van der Waals surface area contributed by atoms with Gasteiger partial charge in [0.15, 0.2) is 0 Å². The Morgan fingerprint density at radius 1 is 1.08 bits per heavy atom. The van der Waals surface area contributed by atoms with Crippen LogP contribution in [0.5, 0.6) is 0 Å². The Labute approximate surface area is 146 Å². The molecule has 2 atom stereocenters. The zero-order valence-electron chi connectivity index (χ0n) is 13.4. The average Bonchev–Trinajstić information content (AvgIpc) is 3.39. The monoisotopic (exact) mass is 342 g/mol. The summed E-state index contributed by atoms with van der Waals surface area (Å²) in [6.07, 6.45) is 0.582. The number of benzene rings is 2. The SMILES string of the molecule is CCN(C(=O)C1CC1C(=O)Nc1ccccc1Cl)c1ccccc1. The summed E-state index contributed by atoms with van der Waals surface area (Å²) < 4.78 is 0. The summed E-state index contributed by atoms with van der Waals surface area (Å²) in [6.45, 7) is 2.52. The molecular weight excluding hydrogens is 324 g/mol. The molecule has 0 aliphatic heterocycles. The number of nitrogens with zero attached hydrogens (tertiary/aromatic N) is 1. The number of nitrogens with one attached hydrogen (secondary N) is 1. The van der Waals surface area contributed by atoms with Crippen molar-refractivity contribution in [3.8, 4) is 0 Å². The quantitative estimate of drug-likeness (QED) is 0.893. The summed E-state index contributed by atoms with van der Waals surface area (Å²) in [5.74, 6) is -0.687. The van der Waals surface area contributed by atoms with E-state index in [4.69, 9.17) is 11.6 Å². The number of carbonyl (C=O) groups excluding carboxylic acids is 2. The number of para-hydroxylation sites is 2. The Morgan fingerprint density at radius 2 is 1.75 bits per heavy atom. The van der Waals surface area contributed by atoms with E-state index in [1.165, 1.54) is 0 Å². The second-order valence-electron chi connectivity index (χ2n) is 5.84. The van der Waals surface area contributed by atoms with Crippen LogP contribution in [-0.4, -0.2) is 18.4 Å². The standard InChI is InChI=1S/C19H19ClN2O2/c1-2-22(13-8-4-3-5-9-13)19(24)15-12-14(15)18(23)21-17-11-7-6-10-16(17)20/h3-11,14-15H,2,12H2,1H3,(H,21,23). The lowest BCUT2D eigenvalue weighted by Crippen LogP contribution is -2.33. The highest BCUT2D eigenvalue weighted by Crippen LogP contribution is 2.41. The third-order valence-electron chi connectivity index (χ3n) is 4.23. The van der Waals surface area contributed by atoms with Crippen LogP contribution < -0.4 is 10.2 Å². The third-order valence-corrected chi connectivity index (χ3v) is 4.56. The Hall–Kier alpha value is -2.33. The summed E-state index contributed by atoms with van der Waals surface area (Å²) in [7, 11) is 0. The van der Waals surface area contributed by atoms with E-state index >= 15 is 0 Å². The molecule has 5 heteroatoms. The van der Waals surface area contributed by atoms with Gasteiger partial charge in [0.1, 0.15) is 0 Å². The number of amides is 2. The molecule has 124 valence electrons. The van der Waals surface area contributed by atoms with Crippen molar-refractivity contribution in [2.45, 2.75) is 13.3 Å². The minimum absolute atomic E-state index is 0.00279. The molecule has 0 aromatic heterocycles. The van der Waals surface area contributed by atoms with Gasteiger partial charge in [-0.25, -0.2) is 0 Å². The topological polar surface area (TPSA) is 49.4 Å². The average molecular weight is 343 g/mol. The predicted molar refractivity (Wildman–Crippen MR) is 96.1 cm³/mol. The fraction of sp³-hybridized carbons (Fsp3) is 0.263. The second-order valence-corrected chi connectivity index (χ2v) is 6.24. The van der Waals surface area contributed by atoms with Crippen LogP contribution in [0.1, 0.15) is 13.3 Å². The van der Waals surface area contributed by atoms with Crippen molar-refractivity contribution in [3.63, 3.8) is 0 Å². The van der Waals surface area contributed by atoms with Crippen molar-refractivity contribution >= 4 is 34.8 Å². The van der Waals surface area contributed by atoms with E-state index < -0.39 is 0 Å². The van der Waals surface area contributed by atoms with Gasteiger partial charge in [-0.2, -0.15) is 0 Å². The Kier molecular flexibility index (Phi) is 4.86. The van der Waals surface area contributed by atoms with Gasteiger partial charge < -0.3 is 10.2 Å². The second kappa shape index (κ2) is 7.05. The summed E-state index contributed by atoms with van der Waals surface area (Å²) in [5, 5.41) is 3.31. The zero-order valence-corrected chi connectivity index (χ0v) is 14.2. The van der Waals surface area contributed by atoms with Crippen molar-refractivity contribution in [2.75, 3.05) is 16.8 Å². The summed E-state index contributed by atoms with van der Waals surface area (Å²) in [4.78, 5) is 26.8. The number of carbonyl (C=O) groups is 2. The molecule has 24 heavy (non-hydrogen) atoms. The molecule has 0 heterocycles. The highest BCUT2D eigenvalue weighted by Gasteiger charge is 2.49. The first-order valence-corrected chi connectivity index (χ1v) is 8.41. The molecule has 1 saturated carbocycles. The van der Waals surface area contributed by atoms with Crippen LogP contribution in [0.15, 0.2) is 54.6 Å². The lowest BCUT2D eigenvalue weighted by atomic mass is 10.2. The maximum absolute atomic E-state index is 12.7. The van der Waals surface area contributed by atoms with E-state index in [2.05, 4.69) is 5.32 Å². The van der Waals surface area contributed by atoms with Gasteiger partial charge in [-0.1, -0.05) is 41.9 Å². The van der Waals surface area contributed by atoms with Crippen molar-refractivity contribution in [1.29, 1.82) is 0 Å². The van der Waals surface area contributed by atoms with Gasteiger partial charge >= 0.3 is 0 Å². The van der Waals surface area contributed by atoms with Crippen molar-refractivity contribution in [1.82, 2.24) is 0 Å². The van der Waals surface area contributed by atoms with E-state index in [0.29, 0.717) is 23.7 Å². The minimum atomic E-state index is -0.286. The number of hydrogen-bond donors (Lipinski definition) is 1. The Bertz CT molecular complexity index is 748. The lowest BCUT2D eigenvalue weighted by molar-refractivity contribution is -0.123. The first-order chi connectivity index (χ1) is 11.6. The molecule has 1 aliphatic carbocycles. The zero-order chi connectivity index (χ0) is 17.1. The van der Waals surface area contributed by atoms with Crippen LogP contribution in [0, 0.1) is 11.8 Å². The molecule has 2 aromatic rings. The van der Waals surface area contributed by atoms with Gasteiger partial charge in [-0.05, 0) is 37.6 Å².